The standard InChI is InChI=1S/C25H33FN2O5S/c1-3-12-32-17-20(29)15-27(11-13-31-2)16-25(30)28-10-8-24-22(9-14-34-24)23(28)18-33-21-6-4-19(26)5-7-21/h3-7,9,14,20,23,29H,1,8,10-13,15-18H2,2H3/t20-,23-/m0/s1. The van der Waals surface area contributed by atoms with Crippen LogP contribution in [0.3, 0.4) is 0 Å². The van der Waals surface area contributed by atoms with Gasteiger partial charge >= 0.3 is 0 Å². The summed E-state index contributed by atoms with van der Waals surface area (Å²) in [5, 5.41) is 12.4. The summed E-state index contributed by atoms with van der Waals surface area (Å²) in [6.07, 6.45) is 1.69. The van der Waals surface area contributed by atoms with E-state index in [1.807, 2.05) is 21.2 Å². The van der Waals surface area contributed by atoms with Gasteiger partial charge in [-0.2, -0.15) is 0 Å². The molecule has 0 bridgehead atoms. The Balaban J connectivity index is 1.67. The van der Waals surface area contributed by atoms with E-state index < -0.39 is 6.10 Å². The van der Waals surface area contributed by atoms with Crippen molar-refractivity contribution in [1.82, 2.24) is 9.80 Å². The molecule has 0 spiro atoms. The number of hydrogen-bond acceptors (Lipinski definition) is 7. The fourth-order valence-electron chi connectivity index (χ4n) is 3.96. The van der Waals surface area contributed by atoms with Crippen molar-refractivity contribution < 1.29 is 28.5 Å². The molecule has 9 heteroatoms. The Kier molecular flexibility index (Phi) is 10.5. The number of thiophene rings is 1. The molecule has 0 aliphatic carbocycles. The maximum atomic E-state index is 13.4. The molecule has 2 aromatic rings. The van der Waals surface area contributed by atoms with Crippen molar-refractivity contribution in [3.8, 4) is 5.75 Å². The molecule has 0 unspecified atom stereocenters. The van der Waals surface area contributed by atoms with Gasteiger partial charge in [-0.1, -0.05) is 6.08 Å². The van der Waals surface area contributed by atoms with Gasteiger partial charge in [0.2, 0.25) is 5.91 Å². The van der Waals surface area contributed by atoms with Gasteiger partial charge in [-0.15, -0.1) is 17.9 Å². The van der Waals surface area contributed by atoms with E-state index in [0.29, 0.717) is 38.6 Å². The molecule has 186 valence electrons. The molecule has 0 saturated heterocycles. The minimum absolute atomic E-state index is 0.0418. The van der Waals surface area contributed by atoms with Crippen molar-refractivity contribution in [2.75, 3.05) is 59.7 Å². The Morgan fingerprint density at radius 3 is 2.91 bits per heavy atom. The third-order valence-electron chi connectivity index (χ3n) is 5.62. The monoisotopic (exact) mass is 492 g/mol. The van der Waals surface area contributed by atoms with Crippen molar-refractivity contribution in [3.63, 3.8) is 0 Å². The van der Waals surface area contributed by atoms with Crippen molar-refractivity contribution >= 4 is 17.2 Å². The first-order valence-electron chi connectivity index (χ1n) is 11.3. The third kappa shape index (κ3) is 7.61. The van der Waals surface area contributed by atoms with E-state index in [-0.39, 0.29) is 37.5 Å². The van der Waals surface area contributed by atoms with Gasteiger partial charge in [0.05, 0.1) is 38.5 Å². The van der Waals surface area contributed by atoms with E-state index in [9.17, 15) is 14.3 Å². The quantitative estimate of drug-likeness (QED) is 0.323. The molecule has 2 atom stereocenters. The first-order valence-corrected chi connectivity index (χ1v) is 12.2. The molecule has 0 saturated carbocycles. The highest BCUT2D eigenvalue weighted by Crippen LogP contribution is 2.34. The normalized spacial score (nSPS) is 16.4. The Morgan fingerprint density at radius 2 is 2.18 bits per heavy atom. The molecule has 7 nitrogen and oxygen atoms in total. The number of fused-ring (bicyclic) bond motifs is 1. The van der Waals surface area contributed by atoms with Gasteiger partial charge in [0.25, 0.3) is 0 Å². The molecule has 0 fully saturated rings. The number of rotatable bonds is 14. The van der Waals surface area contributed by atoms with E-state index in [1.54, 1.807) is 36.7 Å². The van der Waals surface area contributed by atoms with Crippen LogP contribution in [0.2, 0.25) is 0 Å². The lowest BCUT2D eigenvalue weighted by atomic mass is 10.0. The number of ether oxygens (including phenoxy) is 3. The van der Waals surface area contributed by atoms with Gasteiger partial charge in [0.15, 0.2) is 0 Å². The highest BCUT2D eigenvalue weighted by atomic mass is 32.1. The third-order valence-corrected chi connectivity index (χ3v) is 6.62. The van der Waals surface area contributed by atoms with E-state index in [4.69, 9.17) is 14.2 Å². The van der Waals surface area contributed by atoms with Gasteiger partial charge in [-0.05, 0) is 47.7 Å². The summed E-state index contributed by atoms with van der Waals surface area (Å²) < 4.78 is 29.7. The lowest BCUT2D eigenvalue weighted by Gasteiger charge is -2.37. The van der Waals surface area contributed by atoms with Crippen molar-refractivity contribution in [3.05, 3.63) is 64.6 Å². The molecular weight excluding hydrogens is 459 g/mol. The Morgan fingerprint density at radius 1 is 1.38 bits per heavy atom. The minimum atomic E-state index is -0.730. The lowest BCUT2D eigenvalue weighted by Crippen LogP contribution is -2.48. The second-order valence-corrected chi connectivity index (χ2v) is 9.13. The number of hydrogen-bond donors (Lipinski definition) is 1. The predicted molar refractivity (Wildman–Crippen MR) is 130 cm³/mol. The summed E-state index contributed by atoms with van der Waals surface area (Å²) in [6, 6.07) is 7.68. The van der Waals surface area contributed by atoms with Crippen molar-refractivity contribution in [2.24, 2.45) is 0 Å². The Hall–Kier alpha value is -2.30. The molecule has 1 aliphatic rings. The number of methoxy groups -OCH3 is 1. The molecule has 1 aliphatic heterocycles. The van der Waals surface area contributed by atoms with Crippen LogP contribution in [0.1, 0.15) is 16.5 Å². The Labute approximate surface area is 204 Å². The van der Waals surface area contributed by atoms with E-state index >= 15 is 0 Å². The zero-order chi connectivity index (χ0) is 24.3. The number of benzene rings is 1. The van der Waals surface area contributed by atoms with Gasteiger partial charge in [0, 0.05) is 31.6 Å². The lowest BCUT2D eigenvalue weighted by molar-refractivity contribution is -0.136. The van der Waals surface area contributed by atoms with Crippen LogP contribution in [0.4, 0.5) is 4.39 Å². The predicted octanol–water partition coefficient (Wildman–Crippen LogP) is 2.90. The van der Waals surface area contributed by atoms with Crippen molar-refractivity contribution in [1.29, 1.82) is 0 Å². The topological polar surface area (TPSA) is 71.5 Å². The molecule has 2 heterocycles. The number of aliphatic hydroxyl groups is 1. The average Bonchev–Trinajstić information content (AvgIpc) is 3.31. The first-order chi connectivity index (χ1) is 16.5. The van der Waals surface area contributed by atoms with Crippen LogP contribution in [-0.4, -0.2) is 86.6 Å². The van der Waals surface area contributed by atoms with Crippen LogP contribution < -0.4 is 4.74 Å². The summed E-state index contributed by atoms with van der Waals surface area (Å²) in [4.78, 5) is 18.4. The van der Waals surface area contributed by atoms with E-state index in [1.165, 1.54) is 17.0 Å². The fraction of sp³-hybridized carbons (Fsp3) is 0.480. The number of amides is 1. The molecule has 1 N–H and O–H groups in total. The highest BCUT2D eigenvalue weighted by Gasteiger charge is 2.33. The second kappa shape index (κ2) is 13.6. The summed E-state index contributed by atoms with van der Waals surface area (Å²) in [5.41, 5.74) is 1.09. The van der Waals surface area contributed by atoms with Crippen LogP contribution in [0.15, 0.2) is 48.4 Å². The van der Waals surface area contributed by atoms with Crippen molar-refractivity contribution in [2.45, 2.75) is 18.6 Å². The van der Waals surface area contributed by atoms with Crippen LogP contribution in [0, 0.1) is 5.82 Å². The second-order valence-electron chi connectivity index (χ2n) is 8.12. The molecule has 0 radical (unpaired) electrons. The fourth-order valence-corrected chi connectivity index (χ4v) is 4.88. The number of carbonyl (C=O) groups is 1. The summed E-state index contributed by atoms with van der Waals surface area (Å²) in [5.74, 6) is 0.190. The maximum absolute atomic E-state index is 13.4. The van der Waals surface area contributed by atoms with Crippen LogP contribution in [0.5, 0.6) is 5.75 Å². The maximum Gasteiger partial charge on any atom is 0.237 e. The number of nitrogens with zero attached hydrogens (tertiary/aromatic N) is 2. The largest absolute Gasteiger partial charge is 0.491 e. The SMILES string of the molecule is C=CCOC[C@@H](O)CN(CCOC)CC(=O)N1CCc2sccc2[C@@H]1COc1ccc(F)cc1. The minimum Gasteiger partial charge on any atom is -0.491 e. The molecule has 1 aromatic heterocycles. The van der Waals surface area contributed by atoms with Crippen LogP contribution in [0.25, 0.3) is 0 Å². The molecule has 34 heavy (non-hydrogen) atoms. The van der Waals surface area contributed by atoms with Gasteiger partial charge in [-0.25, -0.2) is 4.39 Å². The van der Waals surface area contributed by atoms with E-state index in [0.717, 1.165) is 12.0 Å². The number of halogens is 1. The summed E-state index contributed by atoms with van der Waals surface area (Å²) in [6.45, 7) is 6.38. The van der Waals surface area contributed by atoms with Crippen LogP contribution >= 0.6 is 11.3 Å². The summed E-state index contributed by atoms with van der Waals surface area (Å²) >= 11 is 1.69. The highest BCUT2D eigenvalue weighted by molar-refractivity contribution is 7.10. The summed E-state index contributed by atoms with van der Waals surface area (Å²) in [7, 11) is 1.61. The smallest absolute Gasteiger partial charge is 0.237 e. The number of carbonyl (C=O) groups excluding carboxylic acids is 1. The Bertz CT molecular complexity index is 907. The average molecular weight is 493 g/mol. The van der Waals surface area contributed by atoms with Gasteiger partial charge in [0.1, 0.15) is 18.2 Å². The molecule has 3 rings (SSSR count). The molecule has 1 aromatic carbocycles. The van der Waals surface area contributed by atoms with Gasteiger partial charge < -0.3 is 24.2 Å². The van der Waals surface area contributed by atoms with Gasteiger partial charge in [-0.3, -0.25) is 9.69 Å². The van der Waals surface area contributed by atoms with Crippen LogP contribution in [-0.2, 0) is 20.7 Å². The zero-order valence-electron chi connectivity index (χ0n) is 19.5. The molecular formula is C25H33FN2O5S. The molecule has 1 amide bonds. The number of aliphatic hydroxyl groups excluding tert-OH is 1. The van der Waals surface area contributed by atoms with E-state index in [2.05, 4.69) is 6.58 Å². The zero-order valence-corrected chi connectivity index (χ0v) is 20.3. The first kappa shape index (κ1) is 26.3.